The number of nitrogens with zero attached hydrogens (tertiary/aromatic N) is 1. The van der Waals surface area contributed by atoms with Crippen LogP contribution >= 0.6 is 21.6 Å². The molecule has 4 nitrogen and oxygen atoms in total. The zero-order valence-electron chi connectivity index (χ0n) is 12.9. The molecule has 0 saturated heterocycles. The predicted molar refractivity (Wildman–Crippen MR) is 86.2 cm³/mol. The summed E-state index contributed by atoms with van der Waals surface area (Å²) in [5.74, 6) is 0. The third-order valence-corrected chi connectivity index (χ3v) is 4.98. The molecular weight excluding hydrogens is 282 g/mol. The summed E-state index contributed by atoms with van der Waals surface area (Å²) in [6.45, 7) is 9.89. The largest absolute Gasteiger partial charge is 0.382 e. The van der Waals surface area contributed by atoms with Crippen LogP contribution in [0.5, 0.6) is 0 Å². The van der Waals surface area contributed by atoms with Gasteiger partial charge in [0.05, 0.1) is 33.0 Å². The molecule has 0 bridgehead atoms. The van der Waals surface area contributed by atoms with Crippen molar-refractivity contribution in [2.45, 2.75) is 18.6 Å². The second-order valence-electron chi connectivity index (χ2n) is 4.97. The van der Waals surface area contributed by atoms with E-state index in [-0.39, 0.29) is 4.75 Å². The summed E-state index contributed by atoms with van der Waals surface area (Å²) in [6.07, 6.45) is 2.12. The Labute approximate surface area is 126 Å². The highest BCUT2D eigenvalue weighted by atomic mass is 33.1. The Morgan fingerprint density at radius 2 is 1.58 bits per heavy atom. The normalized spacial score (nSPS) is 12.3. The molecule has 0 N–H and O–H groups in total. The summed E-state index contributed by atoms with van der Waals surface area (Å²) in [7, 11) is 7.56. The molecule has 0 aromatic carbocycles. The maximum absolute atomic E-state index is 5.54. The SMILES string of the molecule is COCCOCCOCCN(C)CC(C)(C)SSC. The first-order valence-corrected chi connectivity index (χ1v) is 9.12. The number of rotatable bonds is 13. The zero-order chi connectivity index (χ0) is 14.6. The molecule has 116 valence electrons. The lowest BCUT2D eigenvalue weighted by atomic mass is 10.2. The first kappa shape index (κ1) is 19.5. The van der Waals surface area contributed by atoms with Crippen molar-refractivity contribution in [3.8, 4) is 0 Å². The monoisotopic (exact) mass is 311 g/mol. The molecule has 0 aliphatic carbocycles. The Bertz CT molecular complexity index is 206. The molecule has 0 atom stereocenters. The van der Waals surface area contributed by atoms with Crippen LogP contribution in [0.3, 0.4) is 0 Å². The van der Waals surface area contributed by atoms with Crippen molar-refractivity contribution in [3.63, 3.8) is 0 Å². The second kappa shape index (κ2) is 12.3. The van der Waals surface area contributed by atoms with Gasteiger partial charge in [0.1, 0.15) is 0 Å². The summed E-state index contributed by atoms with van der Waals surface area (Å²) in [4.78, 5) is 2.31. The van der Waals surface area contributed by atoms with E-state index in [4.69, 9.17) is 14.2 Å². The van der Waals surface area contributed by atoms with E-state index in [0.717, 1.165) is 19.7 Å². The number of ether oxygens (including phenoxy) is 3. The molecule has 0 fully saturated rings. The highest BCUT2D eigenvalue weighted by molar-refractivity contribution is 8.76. The number of methoxy groups -OCH3 is 1. The summed E-state index contributed by atoms with van der Waals surface area (Å²) < 4.78 is 16.0. The average molecular weight is 312 g/mol. The van der Waals surface area contributed by atoms with Gasteiger partial charge < -0.3 is 19.1 Å². The van der Waals surface area contributed by atoms with Gasteiger partial charge in [0.15, 0.2) is 0 Å². The lowest BCUT2D eigenvalue weighted by molar-refractivity contribution is 0.0206. The van der Waals surface area contributed by atoms with Gasteiger partial charge in [-0.15, -0.1) is 0 Å². The summed E-state index contributed by atoms with van der Waals surface area (Å²) >= 11 is 0. The minimum Gasteiger partial charge on any atom is -0.382 e. The molecule has 0 heterocycles. The smallest absolute Gasteiger partial charge is 0.0701 e. The topological polar surface area (TPSA) is 30.9 Å². The second-order valence-corrected chi connectivity index (χ2v) is 8.07. The van der Waals surface area contributed by atoms with Gasteiger partial charge in [-0.3, -0.25) is 0 Å². The maximum Gasteiger partial charge on any atom is 0.0701 e. The van der Waals surface area contributed by atoms with E-state index in [9.17, 15) is 0 Å². The lowest BCUT2D eigenvalue weighted by Crippen LogP contribution is -2.35. The Kier molecular flexibility index (Phi) is 12.6. The van der Waals surface area contributed by atoms with Crippen LogP contribution in [0.4, 0.5) is 0 Å². The molecule has 0 amide bonds. The van der Waals surface area contributed by atoms with Crippen molar-refractivity contribution >= 4 is 21.6 Å². The van der Waals surface area contributed by atoms with Crippen LogP contribution in [-0.4, -0.2) is 76.2 Å². The molecule has 0 radical (unpaired) electrons. The lowest BCUT2D eigenvalue weighted by Gasteiger charge is -2.28. The first-order valence-electron chi connectivity index (χ1n) is 6.56. The summed E-state index contributed by atoms with van der Waals surface area (Å²) in [5.41, 5.74) is 0. The van der Waals surface area contributed by atoms with Gasteiger partial charge >= 0.3 is 0 Å². The van der Waals surface area contributed by atoms with E-state index in [1.54, 1.807) is 7.11 Å². The van der Waals surface area contributed by atoms with Crippen LogP contribution in [0.1, 0.15) is 13.8 Å². The third-order valence-electron chi connectivity index (χ3n) is 2.38. The Balaban J connectivity index is 3.40. The van der Waals surface area contributed by atoms with Crippen LogP contribution in [0.2, 0.25) is 0 Å². The number of likely N-dealkylation sites (N-methyl/N-ethyl adjacent to an activating group) is 1. The van der Waals surface area contributed by atoms with Gasteiger partial charge in [0.2, 0.25) is 0 Å². The molecular formula is C13H29NO3S2. The summed E-state index contributed by atoms with van der Waals surface area (Å²) in [6, 6.07) is 0. The Morgan fingerprint density at radius 3 is 2.16 bits per heavy atom. The molecule has 0 aromatic heterocycles. The predicted octanol–water partition coefficient (Wildman–Crippen LogP) is 2.39. The fraction of sp³-hybridized carbons (Fsp3) is 1.00. The van der Waals surface area contributed by atoms with Crippen molar-refractivity contribution in [2.75, 3.05) is 66.5 Å². The maximum atomic E-state index is 5.54. The highest BCUT2D eigenvalue weighted by Gasteiger charge is 2.20. The highest BCUT2D eigenvalue weighted by Crippen LogP contribution is 2.33. The van der Waals surface area contributed by atoms with E-state index >= 15 is 0 Å². The molecule has 0 saturated carbocycles. The molecule has 0 unspecified atom stereocenters. The van der Waals surface area contributed by atoms with Gasteiger partial charge in [-0.05, 0) is 27.2 Å². The van der Waals surface area contributed by atoms with Crippen LogP contribution in [0.15, 0.2) is 0 Å². The fourth-order valence-corrected chi connectivity index (χ4v) is 3.90. The number of hydrogen-bond acceptors (Lipinski definition) is 6. The van der Waals surface area contributed by atoms with Gasteiger partial charge in [-0.2, -0.15) is 0 Å². The molecule has 6 heteroatoms. The third kappa shape index (κ3) is 13.3. The van der Waals surface area contributed by atoms with E-state index < -0.39 is 0 Å². The first-order chi connectivity index (χ1) is 9.02. The van der Waals surface area contributed by atoms with E-state index in [2.05, 4.69) is 32.1 Å². The van der Waals surface area contributed by atoms with Crippen LogP contribution in [0.25, 0.3) is 0 Å². The molecule has 0 aliphatic heterocycles. The van der Waals surface area contributed by atoms with Crippen molar-refractivity contribution in [1.82, 2.24) is 4.90 Å². The Hall–Kier alpha value is 0.540. The molecule has 0 aliphatic rings. The van der Waals surface area contributed by atoms with Gasteiger partial charge in [-0.25, -0.2) is 0 Å². The fourth-order valence-electron chi connectivity index (χ4n) is 1.67. The minimum absolute atomic E-state index is 0.275. The van der Waals surface area contributed by atoms with Crippen LogP contribution in [0, 0.1) is 0 Å². The van der Waals surface area contributed by atoms with E-state index in [1.165, 1.54) is 0 Å². The van der Waals surface area contributed by atoms with Crippen molar-refractivity contribution in [1.29, 1.82) is 0 Å². The Morgan fingerprint density at radius 1 is 1.00 bits per heavy atom. The molecule has 0 spiro atoms. The minimum atomic E-state index is 0.275. The van der Waals surface area contributed by atoms with Crippen LogP contribution in [-0.2, 0) is 14.2 Å². The standard InChI is InChI=1S/C13H29NO3S2/c1-13(2,19-18-5)12-14(3)6-7-16-10-11-17-9-8-15-4/h6-12H2,1-5H3. The van der Waals surface area contributed by atoms with Gasteiger partial charge in [0.25, 0.3) is 0 Å². The molecule has 0 aromatic rings. The molecule has 0 rings (SSSR count). The zero-order valence-corrected chi connectivity index (χ0v) is 14.6. The van der Waals surface area contributed by atoms with Gasteiger partial charge in [0, 0.05) is 24.9 Å². The summed E-state index contributed by atoms with van der Waals surface area (Å²) in [5, 5.41) is 0. The number of hydrogen-bond donors (Lipinski definition) is 0. The molecule has 19 heavy (non-hydrogen) atoms. The van der Waals surface area contributed by atoms with Crippen LogP contribution < -0.4 is 0 Å². The van der Waals surface area contributed by atoms with E-state index in [0.29, 0.717) is 26.4 Å². The van der Waals surface area contributed by atoms with Crippen molar-refractivity contribution in [3.05, 3.63) is 0 Å². The average Bonchev–Trinajstić information content (AvgIpc) is 2.31. The van der Waals surface area contributed by atoms with Gasteiger partial charge in [-0.1, -0.05) is 21.6 Å². The van der Waals surface area contributed by atoms with Crippen molar-refractivity contribution in [2.24, 2.45) is 0 Å². The quantitative estimate of drug-likeness (QED) is 0.383. The van der Waals surface area contributed by atoms with E-state index in [1.807, 2.05) is 21.6 Å². The van der Waals surface area contributed by atoms with Crippen molar-refractivity contribution < 1.29 is 14.2 Å².